The largest absolute Gasteiger partial charge is 0.460 e. The molecule has 0 radical (unpaired) electrons. The topological polar surface area (TPSA) is 52.0 Å². The Morgan fingerprint density at radius 1 is 0.800 bits per heavy atom. The summed E-state index contributed by atoms with van der Waals surface area (Å²) >= 11 is 0. The zero-order valence-electron chi connectivity index (χ0n) is 19.9. The fourth-order valence-corrected chi connectivity index (χ4v) is 2.35. The van der Waals surface area contributed by atoms with Crippen molar-refractivity contribution in [2.75, 3.05) is 5.73 Å². The van der Waals surface area contributed by atoms with Gasteiger partial charge in [-0.05, 0) is 24.1 Å². The molecule has 3 rings (SSSR count). The number of nitrogen functional groups attached to an aromatic ring is 1. The molecule has 0 saturated carbocycles. The number of furan rings is 1. The lowest BCUT2D eigenvalue weighted by molar-refractivity contribution is 0.616. The Hall–Kier alpha value is -2.29. The van der Waals surface area contributed by atoms with Gasteiger partial charge < -0.3 is 10.2 Å². The molecule has 30 heavy (non-hydrogen) atoms. The van der Waals surface area contributed by atoms with Crippen molar-refractivity contribution in [2.45, 2.75) is 94.4 Å². The molecule has 3 aromatic rings. The average molecular weight is 417 g/mol. The number of aromatic nitrogens is 1. The summed E-state index contributed by atoms with van der Waals surface area (Å²) in [6, 6.07) is 14.3. The number of nitrogens with zero attached hydrogens (tertiary/aromatic N) is 1. The van der Waals surface area contributed by atoms with E-state index in [9.17, 15) is 0 Å². The molecule has 3 heteroatoms. The maximum absolute atomic E-state index is 5.50. The van der Waals surface area contributed by atoms with Gasteiger partial charge in [0.05, 0.1) is 6.26 Å². The van der Waals surface area contributed by atoms with Crippen LogP contribution in [0.3, 0.4) is 0 Å². The van der Waals surface area contributed by atoms with Crippen molar-refractivity contribution in [1.29, 1.82) is 0 Å². The second-order valence-corrected chi connectivity index (χ2v) is 5.98. The predicted octanol–water partition coefficient (Wildman–Crippen LogP) is 9.32. The molecule has 2 aromatic heterocycles. The van der Waals surface area contributed by atoms with Crippen LogP contribution in [0.5, 0.6) is 0 Å². The molecule has 3 nitrogen and oxygen atoms in total. The SMILES string of the molecule is C.CC.CC.CCCCCC.CCCc1ccccc1.Nc1nccc2ccoc12. The van der Waals surface area contributed by atoms with Gasteiger partial charge in [-0.25, -0.2) is 4.98 Å². The Morgan fingerprint density at radius 3 is 1.83 bits per heavy atom. The lowest BCUT2D eigenvalue weighted by Gasteiger charge is -1.93. The van der Waals surface area contributed by atoms with Gasteiger partial charge >= 0.3 is 0 Å². The van der Waals surface area contributed by atoms with Crippen molar-refractivity contribution >= 4 is 16.8 Å². The first-order valence-electron chi connectivity index (χ1n) is 11.3. The van der Waals surface area contributed by atoms with Crippen molar-refractivity contribution in [3.8, 4) is 0 Å². The number of hydrogen-bond donors (Lipinski definition) is 1. The van der Waals surface area contributed by atoms with E-state index in [2.05, 4.69) is 56.1 Å². The lowest BCUT2D eigenvalue weighted by Crippen LogP contribution is -1.87. The molecular weight excluding hydrogens is 368 g/mol. The molecule has 172 valence electrons. The molecule has 0 amide bonds. The van der Waals surface area contributed by atoms with Gasteiger partial charge in [-0.2, -0.15) is 0 Å². The van der Waals surface area contributed by atoms with Gasteiger partial charge in [-0.3, -0.25) is 0 Å². The minimum Gasteiger partial charge on any atom is -0.460 e. The van der Waals surface area contributed by atoms with Gasteiger partial charge in [-0.1, -0.05) is 118 Å². The number of rotatable bonds is 5. The van der Waals surface area contributed by atoms with E-state index in [0.29, 0.717) is 11.4 Å². The van der Waals surface area contributed by atoms with Crippen LogP contribution in [0.25, 0.3) is 11.0 Å². The quantitative estimate of drug-likeness (QED) is 0.421. The highest BCUT2D eigenvalue weighted by molar-refractivity contribution is 5.85. The van der Waals surface area contributed by atoms with Gasteiger partial charge in [0.1, 0.15) is 0 Å². The van der Waals surface area contributed by atoms with Gasteiger partial charge in [-0.15, -0.1) is 0 Å². The van der Waals surface area contributed by atoms with E-state index >= 15 is 0 Å². The number of aryl methyl sites for hydroxylation is 1. The summed E-state index contributed by atoms with van der Waals surface area (Å²) in [5.41, 5.74) is 7.61. The van der Waals surface area contributed by atoms with E-state index in [-0.39, 0.29) is 7.43 Å². The number of unbranched alkanes of at least 4 members (excludes halogenated alkanes) is 3. The minimum absolute atomic E-state index is 0. The molecule has 0 spiro atoms. The molecule has 2 heterocycles. The third-order valence-electron chi connectivity index (χ3n) is 3.73. The van der Waals surface area contributed by atoms with Crippen LogP contribution in [0, 0.1) is 0 Å². The summed E-state index contributed by atoms with van der Waals surface area (Å²) in [4.78, 5) is 3.86. The Kier molecular flexibility index (Phi) is 26.7. The summed E-state index contributed by atoms with van der Waals surface area (Å²) in [6.45, 7) is 14.7. The molecule has 0 atom stereocenters. The smallest absolute Gasteiger partial charge is 0.175 e. The maximum Gasteiger partial charge on any atom is 0.175 e. The second kappa shape index (κ2) is 24.7. The molecule has 0 aliphatic heterocycles. The first kappa shape index (κ1) is 32.4. The van der Waals surface area contributed by atoms with E-state index in [1.54, 1.807) is 12.5 Å². The van der Waals surface area contributed by atoms with Gasteiger partial charge in [0.2, 0.25) is 0 Å². The second-order valence-electron chi connectivity index (χ2n) is 5.98. The fourth-order valence-electron chi connectivity index (χ4n) is 2.35. The number of pyridine rings is 1. The molecule has 2 N–H and O–H groups in total. The van der Waals surface area contributed by atoms with Crippen molar-refractivity contribution in [3.05, 3.63) is 60.5 Å². The normalized spacial score (nSPS) is 8.50. The lowest BCUT2D eigenvalue weighted by atomic mass is 10.1. The summed E-state index contributed by atoms with van der Waals surface area (Å²) in [5.74, 6) is 0.447. The van der Waals surface area contributed by atoms with Crippen LogP contribution in [-0.4, -0.2) is 4.98 Å². The molecule has 0 bridgehead atoms. The van der Waals surface area contributed by atoms with Gasteiger partial charge in [0.25, 0.3) is 0 Å². The highest BCUT2D eigenvalue weighted by Crippen LogP contribution is 2.18. The Balaban J connectivity index is -0.000000340. The first-order chi connectivity index (χ1) is 14.2. The molecule has 0 unspecified atom stereocenters. The van der Waals surface area contributed by atoms with Gasteiger partial charge in [0, 0.05) is 11.6 Å². The van der Waals surface area contributed by atoms with E-state index in [1.807, 2.05) is 39.8 Å². The van der Waals surface area contributed by atoms with E-state index in [0.717, 1.165) is 5.39 Å². The maximum atomic E-state index is 5.50. The first-order valence-corrected chi connectivity index (χ1v) is 11.3. The van der Waals surface area contributed by atoms with E-state index in [1.165, 1.54) is 44.1 Å². The van der Waals surface area contributed by atoms with Crippen LogP contribution in [0.15, 0.2) is 59.3 Å². The highest BCUT2D eigenvalue weighted by Gasteiger charge is 1.98. The molecule has 0 fully saturated rings. The Bertz CT molecular complexity index is 673. The van der Waals surface area contributed by atoms with Crippen LogP contribution in [0.4, 0.5) is 5.82 Å². The summed E-state index contributed by atoms with van der Waals surface area (Å²) in [6.07, 6.45) is 11.2. The average Bonchev–Trinajstić information content (AvgIpc) is 3.27. The fraction of sp³-hybridized carbons (Fsp3) is 0.519. The summed E-state index contributed by atoms with van der Waals surface area (Å²) < 4.78 is 5.06. The van der Waals surface area contributed by atoms with E-state index < -0.39 is 0 Å². The van der Waals surface area contributed by atoms with Crippen molar-refractivity contribution in [3.63, 3.8) is 0 Å². The number of benzene rings is 1. The zero-order chi connectivity index (χ0) is 22.3. The van der Waals surface area contributed by atoms with Crippen molar-refractivity contribution < 1.29 is 4.42 Å². The molecule has 0 aliphatic rings. The van der Waals surface area contributed by atoms with Crippen LogP contribution >= 0.6 is 0 Å². The molecule has 0 saturated heterocycles. The molecule has 0 aliphatic carbocycles. The third kappa shape index (κ3) is 15.6. The molecule has 1 aromatic carbocycles. The zero-order valence-corrected chi connectivity index (χ0v) is 19.9. The number of fused-ring (bicyclic) bond motifs is 1. The monoisotopic (exact) mass is 416 g/mol. The predicted molar refractivity (Wildman–Crippen MR) is 138 cm³/mol. The third-order valence-corrected chi connectivity index (χ3v) is 3.73. The highest BCUT2D eigenvalue weighted by atomic mass is 16.3. The Labute approximate surface area is 187 Å². The van der Waals surface area contributed by atoms with Crippen LogP contribution in [-0.2, 0) is 6.42 Å². The van der Waals surface area contributed by atoms with Gasteiger partial charge in [0.15, 0.2) is 11.4 Å². The summed E-state index contributed by atoms with van der Waals surface area (Å²) in [5, 5.41) is 0.993. The summed E-state index contributed by atoms with van der Waals surface area (Å²) in [7, 11) is 0. The van der Waals surface area contributed by atoms with Crippen LogP contribution in [0.2, 0.25) is 0 Å². The number of nitrogens with two attached hydrogens (primary N) is 1. The van der Waals surface area contributed by atoms with Crippen LogP contribution in [0.1, 0.15) is 93.6 Å². The van der Waals surface area contributed by atoms with E-state index in [4.69, 9.17) is 10.2 Å². The molecular formula is C27H48N2O. The van der Waals surface area contributed by atoms with Crippen molar-refractivity contribution in [2.24, 2.45) is 0 Å². The Morgan fingerprint density at radius 2 is 1.37 bits per heavy atom. The minimum atomic E-state index is 0. The van der Waals surface area contributed by atoms with Crippen molar-refractivity contribution in [1.82, 2.24) is 4.98 Å². The number of anilines is 1. The standard InChI is InChI=1S/C9H12.C7H6N2O.C6H14.2C2H6.CH4/c1-2-6-9-7-4-3-5-8-9;8-7-6-5(1-3-9-7)2-4-10-6;1-3-5-6-4-2;2*1-2;/h3-5,7-8H,2,6H2,1H3;1-4H,(H2,8,9);3-6H2,1-2H3;2*1-2H3;1H4. The number of hydrogen-bond acceptors (Lipinski definition) is 3. The van der Waals surface area contributed by atoms with Crippen LogP contribution < -0.4 is 5.73 Å².